The first-order chi connectivity index (χ1) is 18.2. The van der Waals surface area contributed by atoms with Gasteiger partial charge in [0.05, 0.1) is 53.2 Å². The summed E-state index contributed by atoms with van der Waals surface area (Å²) >= 11 is 13.9. The molecule has 10 nitrogen and oxygen atoms in total. The maximum absolute atomic E-state index is 13.3. The summed E-state index contributed by atoms with van der Waals surface area (Å²) < 4.78 is 6.96. The van der Waals surface area contributed by atoms with Crippen molar-refractivity contribution < 1.29 is 14.3 Å². The van der Waals surface area contributed by atoms with E-state index in [0.717, 1.165) is 16.3 Å². The largest absolute Gasteiger partial charge is 0.494 e. The lowest BCUT2D eigenvalue weighted by Crippen LogP contribution is -2.27. The number of hydrogen-bond donors (Lipinski definition) is 1. The van der Waals surface area contributed by atoms with E-state index >= 15 is 0 Å². The van der Waals surface area contributed by atoms with Gasteiger partial charge in [-0.2, -0.15) is 5.10 Å². The molecule has 0 aliphatic carbocycles. The van der Waals surface area contributed by atoms with Gasteiger partial charge in [0.2, 0.25) is 0 Å². The van der Waals surface area contributed by atoms with Gasteiger partial charge in [0.1, 0.15) is 16.6 Å². The highest BCUT2D eigenvalue weighted by Crippen LogP contribution is 2.36. The van der Waals surface area contributed by atoms with Gasteiger partial charge in [-0.1, -0.05) is 41.5 Å². The standard InChI is InChI=1S/C25H23Cl2N7O3S/c1-5-16-21(27)22(33(3)32-16)24(36)34-10-17-19(11-34)38-25(30-17)31-23(35)15-8-28-12(2)6-13(15)14-7-20(26)29-9-18(14)37-4/h6-9H,5,10-11H2,1-4H3,(H,30,31,35). The number of fused-ring (bicyclic) bond motifs is 1. The molecule has 196 valence electrons. The molecule has 0 fully saturated rings. The van der Waals surface area contributed by atoms with Crippen LogP contribution in [0.4, 0.5) is 5.13 Å². The summed E-state index contributed by atoms with van der Waals surface area (Å²) in [7, 11) is 3.23. The minimum absolute atomic E-state index is 0.208. The van der Waals surface area contributed by atoms with Crippen molar-refractivity contribution in [1.29, 1.82) is 0 Å². The fourth-order valence-electron chi connectivity index (χ4n) is 4.32. The zero-order valence-electron chi connectivity index (χ0n) is 21.0. The normalized spacial score (nSPS) is 12.5. The van der Waals surface area contributed by atoms with Gasteiger partial charge in [-0.15, -0.1) is 0 Å². The van der Waals surface area contributed by atoms with Crippen LogP contribution in [0.3, 0.4) is 0 Å². The van der Waals surface area contributed by atoms with E-state index in [-0.39, 0.29) is 17.0 Å². The summed E-state index contributed by atoms with van der Waals surface area (Å²) in [6.45, 7) is 4.46. The minimum Gasteiger partial charge on any atom is -0.494 e. The van der Waals surface area contributed by atoms with Crippen LogP contribution in [0.2, 0.25) is 10.2 Å². The number of hydrogen-bond acceptors (Lipinski definition) is 8. The lowest BCUT2D eigenvalue weighted by molar-refractivity contribution is 0.0739. The molecule has 5 rings (SSSR count). The zero-order chi connectivity index (χ0) is 27.1. The van der Waals surface area contributed by atoms with Crippen molar-refractivity contribution in [2.75, 3.05) is 12.4 Å². The molecule has 0 bridgehead atoms. The Morgan fingerprint density at radius 3 is 2.63 bits per heavy atom. The molecule has 1 N–H and O–H groups in total. The fourth-order valence-corrected chi connectivity index (χ4v) is 5.83. The first-order valence-corrected chi connectivity index (χ1v) is 13.2. The number of aromatic nitrogens is 5. The second-order valence-corrected chi connectivity index (χ2v) is 10.5. The number of amides is 2. The number of ether oxygens (including phenoxy) is 1. The molecule has 0 aromatic carbocycles. The zero-order valence-corrected chi connectivity index (χ0v) is 23.3. The number of carbonyl (C=O) groups excluding carboxylic acids is 2. The molecule has 38 heavy (non-hydrogen) atoms. The van der Waals surface area contributed by atoms with Gasteiger partial charge in [-0.3, -0.25) is 24.6 Å². The van der Waals surface area contributed by atoms with Gasteiger partial charge in [0.25, 0.3) is 11.8 Å². The Hall–Kier alpha value is -3.54. The van der Waals surface area contributed by atoms with E-state index in [4.69, 9.17) is 27.9 Å². The number of pyridine rings is 2. The summed E-state index contributed by atoms with van der Waals surface area (Å²) in [6, 6.07) is 3.44. The summed E-state index contributed by atoms with van der Waals surface area (Å²) in [5.41, 5.74) is 4.07. The van der Waals surface area contributed by atoms with E-state index in [1.54, 1.807) is 24.1 Å². The Kier molecular flexibility index (Phi) is 7.08. The van der Waals surface area contributed by atoms with E-state index in [9.17, 15) is 9.59 Å². The average Bonchev–Trinajstić information content (AvgIpc) is 3.54. The SMILES string of the molecule is CCc1nn(C)c(C(=O)N2Cc3nc(NC(=O)c4cnc(C)cc4-c4cc(Cl)ncc4OC)sc3C2)c1Cl. The summed E-state index contributed by atoms with van der Waals surface area (Å²) in [4.78, 5) is 42.0. The van der Waals surface area contributed by atoms with Gasteiger partial charge in [-0.05, 0) is 25.5 Å². The van der Waals surface area contributed by atoms with Crippen LogP contribution in [0.1, 0.15) is 49.7 Å². The summed E-state index contributed by atoms with van der Waals surface area (Å²) in [6.07, 6.45) is 3.66. The molecule has 0 radical (unpaired) electrons. The molecule has 2 amide bonds. The third-order valence-electron chi connectivity index (χ3n) is 6.18. The van der Waals surface area contributed by atoms with E-state index in [1.165, 1.54) is 35.5 Å². The highest BCUT2D eigenvalue weighted by molar-refractivity contribution is 7.16. The van der Waals surface area contributed by atoms with Gasteiger partial charge in [0, 0.05) is 30.1 Å². The second kappa shape index (κ2) is 10.3. The number of thiazole rings is 1. The maximum Gasteiger partial charge on any atom is 0.274 e. The molecule has 0 atom stereocenters. The third-order valence-corrected chi connectivity index (χ3v) is 7.79. The predicted octanol–water partition coefficient (Wildman–Crippen LogP) is 4.93. The molecular formula is C25H23Cl2N7O3S. The van der Waals surface area contributed by atoms with Crippen molar-refractivity contribution in [2.45, 2.75) is 33.4 Å². The van der Waals surface area contributed by atoms with Crippen molar-refractivity contribution in [2.24, 2.45) is 7.05 Å². The van der Waals surface area contributed by atoms with Crippen molar-refractivity contribution >= 4 is 51.5 Å². The molecule has 0 spiro atoms. The maximum atomic E-state index is 13.3. The molecule has 1 aliphatic rings. The lowest BCUT2D eigenvalue weighted by atomic mass is 10.0. The van der Waals surface area contributed by atoms with Crippen LogP contribution in [-0.4, -0.2) is 48.6 Å². The number of aryl methyl sites for hydroxylation is 3. The second-order valence-electron chi connectivity index (χ2n) is 8.67. The molecule has 13 heteroatoms. The van der Waals surface area contributed by atoms with Crippen molar-refractivity contribution in [3.05, 3.63) is 67.9 Å². The topological polar surface area (TPSA) is 115 Å². The number of nitrogens with one attached hydrogen (secondary N) is 1. The van der Waals surface area contributed by atoms with E-state index < -0.39 is 0 Å². The highest BCUT2D eigenvalue weighted by Gasteiger charge is 2.32. The van der Waals surface area contributed by atoms with Gasteiger partial charge in [0.15, 0.2) is 5.13 Å². The molecule has 5 heterocycles. The number of halogens is 2. The number of methoxy groups -OCH3 is 1. The van der Waals surface area contributed by atoms with Gasteiger partial charge >= 0.3 is 0 Å². The van der Waals surface area contributed by atoms with Crippen LogP contribution in [0.15, 0.2) is 24.5 Å². The Labute approximate surface area is 232 Å². The smallest absolute Gasteiger partial charge is 0.274 e. The summed E-state index contributed by atoms with van der Waals surface area (Å²) in [5.74, 6) is -0.107. The lowest BCUT2D eigenvalue weighted by Gasteiger charge is -2.16. The Balaban J connectivity index is 1.36. The molecule has 4 aromatic heterocycles. The number of nitrogens with zero attached hydrogens (tertiary/aromatic N) is 6. The van der Waals surface area contributed by atoms with E-state index in [2.05, 4.69) is 25.4 Å². The number of carbonyl (C=O) groups is 2. The van der Waals surface area contributed by atoms with Crippen LogP contribution in [0.5, 0.6) is 5.75 Å². The molecule has 0 saturated carbocycles. The minimum atomic E-state index is -0.378. The third kappa shape index (κ3) is 4.72. The van der Waals surface area contributed by atoms with Crippen molar-refractivity contribution in [1.82, 2.24) is 29.6 Å². The quantitative estimate of drug-likeness (QED) is 0.326. The average molecular weight is 572 g/mol. The molecule has 0 unspecified atom stereocenters. The van der Waals surface area contributed by atoms with Crippen LogP contribution in [0.25, 0.3) is 11.1 Å². The van der Waals surface area contributed by atoms with Crippen molar-refractivity contribution in [3.63, 3.8) is 0 Å². The van der Waals surface area contributed by atoms with Crippen LogP contribution < -0.4 is 10.1 Å². The van der Waals surface area contributed by atoms with Crippen LogP contribution in [0, 0.1) is 6.92 Å². The van der Waals surface area contributed by atoms with E-state index in [1.807, 2.05) is 13.8 Å². The fraction of sp³-hybridized carbons (Fsp3) is 0.280. The molecule has 1 aliphatic heterocycles. The highest BCUT2D eigenvalue weighted by atomic mass is 35.5. The predicted molar refractivity (Wildman–Crippen MR) is 145 cm³/mol. The Morgan fingerprint density at radius 1 is 1.16 bits per heavy atom. The van der Waals surface area contributed by atoms with Crippen LogP contribution >= 0.6 is 34.5 Å². The molecular weight excluding hydrogens is 549 g/mol. The molecule has 0 saturated heterocycles. The Morgan fingerprint density at radius 2 is 1.95 bits per heavy atom. The van der Waals surface area contributed by atoms with Crippen LogP contribution in [-0.2, 0) is 26.6 Å². The molecule has 4 aromatic rings. The van der Waals surface area contributed by atoms with Crippen molar-refractivity contribution in [3.8, 4) is 16.9 Å². The van der Waals surface area contributed by atoms with Gasteiger partial charge < -0.3 is 9.64 Å². The van der Waals surface area contributed by atoms with Gasteiger partial charge in [-0.25, -0.2) is 9.97 Å². The number of anilines is 1. The first kappa shape index (κ1) is 26.1. The summed E-state index contributed by atoms with van der Waals surface area (Å²) in [5, 5.41) is 8.30. The number of rotatable bonds is 6. The first-order valence-electron chi connectivity index (χ1n) is 11.7. The van der Waals surface area contributed by atoms with E-state index in [0.29, 0.717) is 63.5 Å². The monoisotopic (exact) mass is 571 g/mol. The Bertz CT molecular complexity index is 1560.